The Morgan fingerprint density at radius 2 is 1.88 bits per heavy atom. The van der Waals surface area contributed by atoms with Crippen LogP contribution < -0.4 is 11.1 Å². The molecule has 1 heterocycles. The highest BCUT2D eigenvalue weighted by Gasteiger charge is 2.53. The number of alkyl carbamates (subject to hydrolysis) is 1. The van der Waals surface area contributed by atoms with Crippen molar-refractivity contribution in [2.24, 2.45) is 10.4 Å². The number of nitrogens with one attached hydrogen (secondary N) is 1. The fraction of sp³-hybridized carbons (Fsp3) is 0.526. The number of carbonyl (C=O) groups is 2. The van der Waals surface area contributed by atoms with E-state index in [0.29, 0.717) is 5.69 Å². The molecule has 1 aliphatic rings. The molecule has 7 heteroatoms. The quantitative estimate of drug-likeness (QED) is 0.753. The summed E-state index contributed by atoms with van der Waals surface area (Å²) in [6, 6.07) is 7.28. The Kier molecular flexibility index (Phi) is 4.79. The van der Waals surface area contributed by atoms with Crippen LogP contribution in [0.5, 0.6) is 0 Å². The summed E-state index contributed by atoms with van der Waals surface area (Å²) in [6.07, 6.45) is -0.662. The van der Waals surface area contributed by atoms with Crippen LogP contribution in [-0.4, -0.2) is 35.5 Å². The van der Waals surface area contributed by atoms with Crippen molar-refractivity contribution in [2.45, 2.75) is 52.7 Å². The number of hydrogen-bond acceptors (Lipinski definition) is 5. The van der Waals surface area contributed by atoms with Crippen LogP contribution in [0.4, 0.5) is 10.5 Å². The van der Waals surface area contributed by atoms with E-state index in [1.54, 1.807) is 40.0 Å². The van der Waals surface area contributed by atoms with Crippen LogP contribution in [0.1, 0.15) is 47.1 Å². The number of amides is 2. The summed E-state index contributed by atoms with van der Waals surface area (Å²) in [5.41, 5.74) is 4.91. The lowest BCUT2D eigenvalue weighted by Gasteiger charge is -2.46. The van der Waals surface area contributed by atoms with E-state index >= 15 is 0 Å². The predicted octanol–water partition coefficient (Wildman–Crippen LogP) is 2.86. The second kappa shape index (κ2) is 6.30. The number of nitrogens with zero attached hydrogens (tertiary/aromatic N) is 2. The average molecular weight is 360 g/mol. The second-order valence-electron chi connectivity index (χ2n) is 8.25. The summed E-state index contributed by atoms with van der Waals surface area (Å²) in [4.78, 5) is 31.3. The monoisotopic (exact) mass is 360 g/mol. The first kappa shape index (κ1) is 19.8. The molecule has 1 aromatic rings. The van der Waals surface area contributed by atoms with Gasteiger partial charge in [0.1, 0.15) is 11.1 Å². The van der Waals surface area contributed by atoms with Gasteiger partial charge >= 0.3 is 6.09 Å². The number of aliphatic imine (C=N–C) groups is 1. The maximum Gasteiger partial charge on any atom is 0.414 e. The van der Waals surface area contributed by atoms with Gasteiger partial charge in [0.05, 0.1) is 5.41 Å². The van der Waals surface area contributed by atoms with E-state index in [1.807, 2.05) is 32.9 Å². The fourth-order valence-electron chi connectivity index (χ4n) is 2.92. The summed E-state index contributed by atoms with van der Waals surface area (Å²) in [5, 5.41) is 2.60. The van der Waals surface area contributed by atoms with Gasteiger partial charge in [0.15, 0.2) is 0 Å². The van der Waals surface area contributed by atoms with E-state index in [9.17, 15) is 9.59 Å². The molecule has 0 radical (unpaired) electrons. The Hall–Kier alpha value is -2.57. The average Bonchev–Trinajstić information content (AvgIpc) is 2.49. The third kappa shape index (κ3) is 3.52. The molecular weight excluding hydrogens is 332 g/mol. The minimum absolute atomic E-state index is 0.147. The number of carbonyl (C=O) groups excluding carboxylic acids is 2. The molecule has 0 aromatic heterocycles. The number of rotatable bonds is 1. The zero-order valence-corrected chi connectivity index (χ0v) is 16.5. The topological polar surface area (TPSA) is 97.0 Å². The molecule has 0 aliphatic carbocycles. The zero-order valence-electron chi connectivity index (χ0n) is 16.5. The first-order valence-corrected chi connectivity index (χ1v) is 8.52. The van der Waals surface area contributed by atoms with Gasteiger partial charge in [-0.15, -0.1) is 0 Å². The SMILES string of the molecule is CN1C(=O)C(C)(C)[C@@](C)(c2cccc(N)c2)N=C1NC(=O)OC(C)(C)C. The van der Waals surface area contributed by atoms with Crippen molar-refractivity contribution in [1.82, 2.24) is 10.2 Å². The molecule has 1 aliphatic heterocycles. The largest absolute Gasteiger partial charge is 0.444 e. The minimum atomic E-state index is -0.906. The molecule has 0 fully saturated rings. The van der Waals surface area contributed by atoms with Gasteiger partial charge < -0.3 is 10.5 Å². The van der Waals surface area contributed by atoms with Gasteiger partial charge in [-0.25, -0.2) is 9.79 Å². The van der Waals surface area contributed by atoms with Crippen LogP contribution in [0, 0.1) is 5.41 Å². The van der Waals surface area contributed by atoms with Crippen molar-refractivity contribution in [1.29, 1.82) is 0 Å². The predicted molar refractivity (Wildman–Crippen MR) is 102 cm³/mol. The number of anilines is 1. The highest BCUT2D eigenvalue weighted by molar-refractivity contribution is 6.06. The molecule has 1 atom stereocenters. The van der Waals surface area contributed by atoms with E-state index in [0.717, 1.165) is 5.56 Å². The van der Waals surface area contributed by atoms with Gasteiger partial charge in [-0.05, 0) is 59.2 Å². The molecule has 142 valence electrons. The van der Waals surface area contributed by atoms with E-state index in [-0.39, 0.29) is 11.9 Å². The molecule has 0 bridgehead atoms. The lowest BCUT2D eigenvalue weighted by atomic mass is 9.68. The van der Waals surface area contributed by atoms with Crippen molar-refractivity contribution in [3.05, 3.63) is 29.8 Å². The van der Waals surface area contributed by atoms with Crippen molar-refractivity contribution < 1.29 is 14.3 Å². The van der Waals surface area contributed by atoms with E-state index in [2.05, 4.69) is 5.32 Å². The van der Waals surface area contributed by atoms with Crippen molar-refractivity contribution >= 4 is 23.6 Å². The number of hydrogen-bond donors (Lipinski definition) is 2. The lowest BCUT2D eigenvalue weighted by Crippen LogP contribution is -2.60. The van der Waals surface area contributed by atoms with Crippen molar-refractivity contribution in [2.75, 3.05) is 12.8 Å². The molecule has 0 spiro atoms. The summed E-state index contributed by atoms with van der Waals surface area (Å²) in [6.45, 7) is 10.8. The molecular formula is C19H28N4O3. The molecule has 1 aromatic carbocycles. The van der Waals surface area contributed by atoms with Crippen molar-refractivity contribution in [3.8, 4) is 0 Å². The standard InChI is InChI=1S/C19H28N4O3/c1-17(2,3)26-16(25)21-15-22-19(6,12-9-8-10-13(20)11-12)18(4,5)14(24)23(15)7/h8-11H,20H2,1-7H3,(H,21,22,25)/t19-/m1/s1. The summed E-state index contributed by atoms with van der Waals surface area (Å²) < 4.78 is 5.28. The molecule has 0 unspecified atom stereocenters. The molecule has 2 rings (SSSR count). The Morgan fingerprint density at radius 3 is 2.42 bits per heavy atom. The van der Waals surface area contributed by atoms with Gasteiger partial charge in [-0.2, -0.15) is 0 Å². The van der Waals surface area contributed by atoms with Gasteiger partial charge in [0.25, 0.3) is 0 Å². The lowest BCUT2D eigenvalue weighted by molar-refractivity contribution is -0.140. The number of nitrogen functional groups attached to an aromatic ring is 1. The normalized spacial score (nSPS) is 22.7. The maximum absolute atomic E-state index is 13.0. The third-order valence-electron chi connectivity index (χ3n) is 4.77. The molecule has 3 N–H and O–H groups in total. The zero-order chi connectivity index (χ0) is 19.9. The van der Waals surface area contributed by atoms with Crippen molar-refractivity contribution in [3.63, 3.8) is 0 Å². The molecule has 7 nitrogen and oxygen atoms in total. The third-order valence-corrected chi connectivity index (χ3v) is 4.77. The molecule has 0 saturated heterocycles. The number of guanidine groups is 1. The molecule has 26 heavy (non-hydrogen) atoms. The van der Waals surface area contributed by atoms with Crippen LogP contribution in [0.2, 0.25) is 0 Å². The Balaban J connectivity index is 2.50. The smallest absolute Gasteiger partial charge is 0.414 e. The minimum Gasteiger partial charge on any atom is -0.444 e. The van der Waals surface area contributed by atoms with Crippen LogP contribution in [-0.2, 0) is 15.1 Å². The van der Waals surface area contributed by atoms with Crippen LogP contribution >= 0.6 is 0 Å². The van der Waals surface area contributed by atoms with Gasteiger partial charge in [0.2, 0.25) is 11.9 Å². The highest BCUT2D eigenvalue weighted by Crippen LogP contribution is 2.46. The van der Waals surface area contributed by atoms with Crippen LogP contribution in [0.25, 0.3) is 0 Å². The highest BCUT2D eigenvalue weighted by atomic mass is 16.6. The van der Waals surface area contributed by atoms with Crippen LogP contribution in [0.15, 0.2) is 29.3 Å². The Morgan fingerprint density at radius 1 is 1.27 bits per heavy atom. The second-order valence-corrected chi connectivity index (χ2v) is 8.25. The number of nitrogens with two attached hydrogens (primary N) is 1. The number of benzene rings is 1. The van der Waals surface area contributed by atoms with Gasteiger partial charge in [0, 0.05) is 12.7 Å². The summed E-state index contributed by atoms with van der Waals surface area (Å²) >= 11 is 0. The van der Waals surface area contributed by atoms with Gasteiger partial charge in [-0.3, -0.25) is 15.0 Å². The van der Waals surface area contributed by atoms with E-state index in [1.165, 1.54) is 4.90 Å². The first-order chi connectivity index (χ1) is 11.8. The molecule has 0 saturated carbocycles. The van der Waals surface area contributed by atoms with E-state index < -0.39 is 22.6 Å². The van der Waals surface area contributed by atoms with Crippen LogP contribution in [0.3, 0.4) is 0 Å². The summed E-state index contributed by atoms with van der Waals surface area (Å²) in [5.74, 6) is -0.0167. The Labute approximate surface area is 154 Å². The molecule has 2 amide bonds. The van der Waals surface area contributed by atoms with E-state index in [4.69, 9.17) is 15.5 Å². The number of ether oxygens (including phenoxy) is 1. The fourth-order valence-corrected chi connectivity index (χ4v) is 2.92. The first-order valence-electron chi connectivity index (χ1n) is 8.52. The van der Waals surface area contributed by atoms with Gasteiger partial charge in [-0.1, -0.05) is 12.1 Å². The maximum atomic E-state index is 13.0. The Bertz CT molecular complexity index is 764. The summed E-state index contributed by atoms with van der Waals surface area (Å²) in [7, 11) is 1.58.